The van der Waals surface area contributed by atoms with Crippen molar-refractivity contribution in [3.05, 3.63) is 0 Å². The summed E-state index contributed by atoms with van der Waals surface area (Å²) in [5.74, 6) is 0.231. The highest BCUT2D eigenvalue weighted by atomic mass is 16.4. The van der Waals surface area contributed by atoms with Crippen molar-refractivity contribution in [1.82, 2.24) is 4.90 Å². The molecular weight excluding hydrogens is 262 g/mol. The van der Waals surface area contributed by atoms with E-state index in [0.29, 0.717) is 11.5 Å². The summed E-state index contributed by atoms with van der Waals surface area (Å²) in [4.78, 5) is 14.1. The number of carboxylic acid groups (broad SMARTS) is 1. The smallest absolute Gasteiger partial charge is 0.310 e. The molecule has 0 aromatic rings. The lowest BCUT2D eigenvalue weighted by Crippen LogP contribution is -2.38. The predicted molar refractivity (Wildman–Crippen MR) is 86.4 cm³/mol. The zero-order valence-electron chi connectivity index (χ0n) is 14.3. The van der Waals surface area contributed by atoms with Crippen LogP contribution in [0.5, 0.6) is 0 Å². The van der Waals surface area contributed by atoms with Gasteiger partial charge in [-0.15, -0.1) is 0 Å². The molecule has 0 aromatic carbocycles. The Bertz CT molecular complexity index is 374. The van der Waals surface area contributed by atoms with Crippen LogP contribution in [0.4, 0.5) is 0 Å². The van der Waals surface area contributed by atoms with E-state index in [2.05, 4.69) is 25.7 Å². The van der Waals surface area contributed by atoms with Crippen molar-refractivity contribution in [1.29, 1.82) is 0 Å². The average Bonchev–Trinajstić information content (AvgIpc) is 2.69. The van der Waals surface area contributed by atoms with Crippen LogP contribution in [0.1, 0.15) is 72.6 Å². The SMILES string of the molecule is CCC1(C(=O)O)CCN(C2CCCC(C(C)(C)C)CC2)C1. The molecule has 0 radical (unpaired) electrons. The Labute approximate surface area is 130 Å². The van der Waals surface area contributed by atoms with Crippen LogP contribution in [0.25, 0.3) is 0 Å². The molecule has 122 valence electrons. The minimum atomic E-state index is -0.589. The largest absolute Gasteiger partial charge is 0.481 e. The highest BCUT2D eigenvalue weighted by molar-refractivity contribution is 5.75. The summed E-state index contributed by atoms with van der Waals surface area (Å²) >= 11 is 0. The second-order valence-corrected chi connectivity index (χ2v) is 8.38. The van der Waals surface area contributed by atoms with E-state index in [9.17, 15) is 9.90 Å². The molecule has 1 heterocycles. The Morgan fingerprint density at radius 2 is 1.95 bits per heavy atom. The zero-order valence-corrected chi connectivity index (χ0v) is 14.3. The molecule has 21 heavy (non-hydrogen) atoms. The van der Waals surface area contributed by atoms with E-state index in [1.807, 2.05) is 6.92 Å². The van der Waals surface area contributed by atoms with Crippen LogP contribution in [-0.4, -0.2) is 35.1 Å². The van der Waals surface area contributed by atoms with Crippen molar-refractivity contribution in [3.63, 3.8) is 0 Å². The average molecular weight is 295 g/mol. The first-order valence-electron chi connectivity index (χ1n) is 8.76. The lowest BCUT2D eigenvalue weighted by Gasteiger charge is -2.31. The van der Waals surface area contributed by atoms with Crippen LogP contribution in [0.2, 0.25) is 0 Å². The van der Waals surface area contributed by atoms with Crippen LogP contribution < -0.4 is 0 Å². The lowest BCUT2D eigenvalue weighted by atomic mass is 9.76. The van der Waals surface area contributed by atoms with Gasteiger partial charge in [0.2, 0.25) is 0 Å². The monoisotopic (exact) mass is 295 g/mol. The van der Waals surface area contributed by atoms with Gasteiger partial charge in [0.05, 0.1) is 5.41 Å². The molecule has 1 aliphatic heterocycles. The maximum atomic E-state index is 11.6. The molecule has 3 heteroatoms. The Kier molecular flexibility index (Phi) is 5.02. The number of likely N-dealkylation sites (tertiary alicyclic amines) is 1. The van der Waals surface area contributed by atoms with Gasteiger partial charge in [-0.05, 0) is 56.4 Å². The molecule has 1 N–H and O–H groups in total. The molecule has 2 aliphatic rings. The first-order chi connectivity index (χ1) is 9.78. The standard InChI is InChI=1S/C18H33NO2/c1-5-18(16(20)21)11-12-19(13-18)15-8-6-7-14(9-10-15)17(2,3)4/h14-15H,5-13H2,1-4H3,(H,20,21). The van der Waals surface area contributed by atoms with Crippen molar-refractivity contribution in [2.75, 3.05) is 13.1 Å². The van der Waals surface area contributed by atoms with Gasteiger partial charge in [-0.3, -0.25) is 9.69 Å². The highest BCUT2D eigenvalue weighted by Gasteiger charge is 2.45. The minimum absolute atomic E-state index is 0.411. The molecule has 3 unspecified atom stereocenters. The first kappa shape index (κ1) is 16.8. The van der Waals surface area contributed by atoms with E-state index < -0.39 is 11.4 Å². The maximum Gasteiger partial charge on any atom is 0.310 e. The molecule has 2 fully saturated rings. The van der Waals surface area contributed by atoms with Crippen LogP contribution >= 0.6 is 0 Å². The number of carboxylic acids is 1. The number of hydrogen-bond donors (Lipinski definition) is 1. The molecule has 1 saturated heterocycles. The third-order valence-electron chi connectivity index (χ3n) is 6.19. The summed E-state index contributed by atoms with van der Waals surface area (Å²) in [6.07, 6.45) is 8.04. The van der Waals surface area contributed by atoms with Gasteiger partial charge < -0.3 is 5.11 Å². The van der Waals surface area contributed by atoms with E-state index in [0.717, 1.165) is 31.8 Å². The van der Waals surface area contributed by atoms with Crippen molar-refractivity contribution in [2.24, 2.45) is 16.7 Å². The van der Waals surface area contributed by atoms with Gasteiger partial charge in [-0.2, -0.15) is 0 Å². The fourth-order valence-corrected chi connectivity index (χ4v) is 4.34. The van der Waals surface area contributed by atoms with Gasteiger partial charge in [0, 0.05) is 12.6 Å². The Morgan fingerprint density at radius 1 is 1.24 bits per heavy atom. The summed E-state index contributed by atoms with van der Waals surface area (Å²) in [7, 11) is 0. The van der Waals surface area contributed by atoms with E-state index >= 15 is 0 Å². The Hall–Kier alpha value is -0.570. The van der Waals surface area contributed by atoms with Crippen LogP contribution in [0.15, 0.2) is 0 Å². The fourth-order valence-electron chi connectivity index (χ4n) is 4.34. The van der Waals surface area contributed by atoms with Crippen molar-refractivity contribution >= 4 is 5.97 Å². The minimum Gasteiger partial charge on any atom is -0.481 e. The lowest BCUT2D eigenvalue weighted by molar-refractivity contribution is -0.148. The number of aliphatic carboxylic acids is 1. The molecule has 3 atom stereocenters. The number of hydrogen-bond acceptors (Lipinski definition) is 2. The van der Waals surface area contributed by atoms with Gasteiger partial charge in [-0.25, -0.2) is 0 Å². The van der Waals surface area contributed by atoms with Crippen LogP contribution in [0, 0.1) is 16.7 Å². The Balaban J connectivity index is 1.97. The number of rotatable bonds is 3. The molecular formula is C18H33NO2. The predicted octanol–water partition coefficient (Wildman–Crippen LogP) is 4.17. The summed E-state index contributed by atoms with van der Waals surface area (Å²) in [6, 6.07) is 0.616. The van der Waals surface area contributed by atoms with Gasteiger partial charge in [0.15, 0.2) is 0 Å². The zero-order chi connectivity index (χ0) is 15.7. The van der Waals surface area contributed by atoms with Crippen molar-refractivity contribution < 1.29 is 9.90 Å². The molecule has 1 aliphatic carbocycles. The van der Waals surface area contributed by atoms with Gasteiger partial charge in [0.25, 0.3) is 0 Å². The molecule has 3 nitrogen and oxygen atoms in total. The van der Waals surface area contributed by atoms with Gasteiger partial charge >= 0.3 is 5.97 Å². The topological polar surface area (TPSA) is 40.5 Å². The third-order valence-corrected chi connectivity index (χ3v) is 6.19. The maximum absolute atomic E-state index is 11.6. The highest BCUT2D eigenvalue weighted by Crippen LogP contribution is 2.41. The molecule has 2 rings (SSSR count). The van der Waals surface area contributed by atoms with Crippen LogP contribution in [0.3, 0.4) is 0 Å². The van der Waals surface area contributed by atoms with E-state index in [1.165, 1.54) is 32.1 Å². The van der Waals surface area contributed by atoms with E-state index in [4.69, 9.17) is 0 Å². The summed E-state index contributed by atoms with van der Waals surface area (Å²) in [5.41, 5.74) is -0.0656. The summed E-state index contributed by atoms with van der Waals surface area (Å²) in [5, 5.41) is 9.56. The molecule has 0 amide bonds. The molecule has 0 spiro atoms. The van der Waals surface area contributed by atoms with Gasteiger partial charge in [0.1, 0.15) is 0 Å². The second kappa shape index (κ2) is 6.28. The second-order valence-electron chi connectivity index (χ2n) is 8.38. The van der Waals surface area contributed by atoms with Crippen molar-refractivity contribution in [3.8, 4) is 0 Å². The summed E-state index contributed by atoms with van der Waals surface area (Å²) < 4.78 is 0. The molecule has 0 aromatic heterocycles. The van der Waals surface area contributed by atoms with Crippen LogP contribution in [-0.2, 0) is 4.79 Å². The number of carbonyl (C=O) groups is 1. The Morgan fingerprint density at radius 3 is 2.48 bits per heavy atom. The van der Waals surface area contributed by atoms with Crippen molar-refractivity contribution in [2.45, 2.75) is 78.7 Å². The quantitative estimate of drug-likeness (QED) is 0.794. The van der Waals surface area contributed by atoms with E-state index in [1.54, 1.807) is 0 Å². The van der Waals surface area contributed by atoms with Gasteiger partial charge in [-0.1, -0.05) is 34.1 Å². The fraction of sp³-hybridized carbons (Fsp3) is 0.944. The summed E-state index contributed by atoms with van der Waals surface area (Å²) in [6.45, 7) is 10.9. The first-order valence-corrected chi connectivity index (χ1v) is 8.76. The van der Waals surface area contributed by atoms with E-state index in [-0.39, 0.29) is 0 Å². The molecule has 1 saturated carbocycles. The molecule has 0 bridgehead atoms. The third kappa shape index (κ3) is 3.61. The normalized spacial score (nSPS) is 35.6. The number of nitrogens with zero attached hydrogens (tertiary/aromatic N) is 1.